The van der Waals surface area contributed by atoms with Crippen LogP contribution in [0.25, 0.3) is 0 Å². The standard InChI is InChI=1S/C15H13F4NOS/c1-9(5-13-3-2-4-22-13)20-14(21)10-6-11(15(17,18)19)8-12(16)7-10/h2-4,6-9H,5H2,1H3,(H,20,21)/t9-/m1/s1. The van der Waals surface area contributed by atoms with Gasteiger partial charge in [-0.25, -0.2) is 4.39 Å². The van der Waals surface area contributed by atoms with E-state index in [1.54, 1.807) is 6.92 Å². The van der Waals surface area contributed by atoms with Crippen LogP contribution in [0, 0.1) is 5.82 Å². The fourth-order valence-corrected chi connectivity index (χ4v) is 2.81. The minimum Gasteiger partial charge on any atom is -0.349 e. The second-order valence-electron chi connectivity index (χ2n) is 4.88. The van der Waals surface area contributed by atoms with Gasteiger partial charge in [0.2, 0.25) is 0 Å². The summed E-state index contributed by atoms with van der Waals surface area (Å²) >= 11 is 1.52. The quantitative estimate of drug-likeness (QED) is 0.833. The lowest BCUT2D eigenvalue weighted by atomic mass is 10.1. The monoisotopic (exact) mass is 331 g/mol. The maximum absolute atomic E-state index is 13.3. The first-order chi connectivity index (χ1) is 10.3. The SMILES string of the molecule is C[C@H](Cc1cccs1)NC(=O)c1cc(F)cc(C(F)(F)F)c1. The Labute approximate surface area is 128 Å². The fourth-order valence-electron chi connectivity index (χ4n) is 1.97. The van der Waals surface area contributed by atoms with Crippen LogP contribution < -0.4 is 5.32 Å². The second kappa shape index (κ2) is 6.48. The highest BCUT2D eigenvalue weighted by molar-refractivity contribution is 7.09. The van der Waals surface area contributed by atoms with Crippen molar-refractivity contribution in [3.8, 4) is 0 Å². The van der Waals surface area contributed by atoms with E-state index in [4.69, 9.17) is 0 Å². The molecule has 0 aliphatic carbocycles. The van der Waals surface area contributed by atoms with Crippen LogP contribution in [0.15, 0.2) is 35.7 Å². The van der Waals surface area contributed by atoms with Crippen LogP contribution in [0.5, 0.6) is 0 Å². The molecule has 0 saturated heterocycles. The molecule has 0 spiro atoms. The smallest absolute Gasteiger partial charge is 0.349 e. The van der Waals surface area contributed by atoms with Gasteiger partial charge in [0, 0.05) is 22.9 Å². The van der Waals surface area contributed by atoms with Gasteiger partial charge in [-0.3, -0.25) is 4.79 Å². The highest BCUT2D eigenvalue weighted by Gasteiger charge is 2.32. The van der Waals surface area contributed by atoms with Crippen molar-refractivity contribution in [2.45, 2.75) is 25.6 Å². The van der Waals surface area contributed by atoms with Crippen molar-refractivity contribution in [2.24, 2.45) is 0 Å². The lowest BCUT2D eigenvalue weighted by molar-refractivity contribution is -0.137. The molecule has 1 amide bonds. The lowest BCUT2D eigenvalue weighted by Crippen LogP contribution is -2.34. The van der Waals surface area contributed by atoms with Gasteiger partial charge >= 0.3 is 6.18 Å². The molecule has 0 saturated carbocycles. The van der Waals surface area contributed by atoms with Gasteiger partial charge in [-0.15, -0.1) is 11.3 Å². The van der Waals surface area contributed by atoms with Gasteiger partial charge in [-0.2, -0.15) is 13.2 Å². The number of carbonyl (C=O) groups is 1. The van der Waals surface area contributed by atoms with Gasteiger partial charge in [-0.1, -0.05) is 6.07 Å². The van der Waals surface area contributed by atoms with E-state index in [0.29, 0.717) is 18.6 Å². The van der Waals surface area contributed by atoms with E-state index in [0.717, 1.165) is 10.9 Å². The minimum absolute atomic E-state index is 0.274. The molecule has 2 aromatic rings. The number of amides is 1. The largest absolute Gasteiger partial charge is 0.416 e. The van der Waals surface area contributed by atoms with Crippen LogP contribution in [0.2, 0.25) is 0 Å². The Kier molecular flexibility index (Phi) is 4.85. The number of hydrogen-bond acceptors (Lipinski definition) is 2. The normalized spacial score (nSPS) is 13.0. The number of rotatable bonds is 4. The van der Waals surface area contributed by atoms with Crippen molar-refractivity contribution in [3.63, 3.8) is 0 Å². The van der Waals surface area contributed by atoms with Gasteiger partial charge < -0.3 is 5.32 Å². The Hall–Kier alpha value is -1.89. The molecule has 118 valence electrons. The topological polar surface area (TPSA) is 29.1 Å². The van der Waals surface area contributed by atoms with Gasteiger partial charge in [0.15, 0.2) is 0 Å². The van der Waals surface area contributed by atoms with Gasteiger partial charge in [0.25, 0.3) is 5.91 Å². The maximum atomic E-state index is 13.3. The van der Waals surface area contributed by atoms with Crippen molar-refractivity contribution < 1.29 is 22.4 Å². The molecule has 22 heavy (non-hydrogen) atoms. The summed E-state index contributed by atoms with van der Waals surface area (Å²) in [4.78, 5) is 13.0. The summed E-state index contributed by atoms with van der Waals surface area (Å²) < 4.78 is 51.2. The molecule has 0 aliphatic heterocycles. The predicted octanol–water partition coefficient (Wildman–Crippen LogP) is 4.27. The van der Waals surface area contributed by atoms with Crippen molar-refractivity contribution >= 4 is 17.2 Å². The zero-order chi connectivity index (χ0) is 16.3. The Balaban J connectivity index is 2.10. The number of alkyl halides is 3. The maximum Gasteiger partial charge on any atom is 0.416 e. The summed E-state index contributed by atoms with van der Waals surface area (Å²) in [7, 11) is 0. The van der Waals surface area contributed by atoms with E-state index in [1.807, 2.05) is 17.5 Å². The fraction of sp³-hybridized carbons (Fsp3) is 0.267. The third-order valence-electron chi connectivity index (χ3n) is 2.95. The number of nitrogens with one attached hydrogen (secondary N) is 1. The number of hydrogen-bond donors (Lipinski definition) is 1. The molecule has 1 N–H and O–H groups in total. The van der Waals surface area contributed by atoms with Crippen LogP contribution in [0.1, 0.15) is 27.7 Å². The highest BCUT2D eigenvalue weighted by Crippen LogP contribution is 2.30. The molecule has 0 unspecified atom stereocenters. The van der Waals surface area contributed by atoms with Gasteiger partial charge in [0.1, 0.15) is 5.82 Å². The van der Waals surface area contributed by atoms with E-state index in [1.165, 1.54) is 11.3 Å². The Morgan fingerprint density at radius 1 is 1.32 bits per heavy atom. The Morgan fingerprint density at radius 2 is 2.05 bits per heavy atom. The summed E-state index contributed by atoms with van der Waals surface area (Å²) in [5.74, 6) is -1.82. The molecule has 1 atom stereocenters. The highest BCUT2D eigenvalue weighted by atomic mass is 32.1. The molecular formula is C15H13F4NOS. The summed E-state index contributed by atoms with van der Waals surface area (Å²) in [6.45, 7) is 1.74. The van der Waals surface area contributed by atoms with Crippen LogP contribution >= 0.6 is 11.3 Å². The van der Waals surface area contributed by atoms with E-state index < -0.39 is 23.5 Å². The van der Waals surface area contributed by atoms with Crippen molar-refractivity contribution in [1.29, 1.82) is 0 Å². The Bertz CT molecular complexity index is 652. The molecule has 0 bridgehead atoms. The summed E-state index contributed by atoms with van der Waals surface area (Å²) in [5.41, 5.74) is -1.52. The molecule has 0 fully saturated rings. The first-order valence-electron chi connectivity index (χ1n) is 6.47. The summed E-state index contributed by atoms with van der Waals surface area (Å²) in [6, 6.07) is 5.31. The number of benzene rings is 1. The Morgan fingerprint density at radius 3 is 2.64 bits per heavy atom. The van der Waals surface area contributed by atoms with Gasteiger partial charge in [0.05, 0.1) is 5.56 Å². The van der Waals surface area contributed by atoms with Crippen LogP contribution in [0.3, 0.4) is 0 Å². The van der Waals surface area contributed by atoms with Crippen LogP contribution in [-0.4, -0.2) is 11.9 Å². The molecule has 7 heteroatoms. The molecule has 0 aliphatic rings. The molecule has 2 rings (SSSR count). The van der Waals surface area contributed by atoms with Crippen molar-refractivity contribution in [1.82, 2.24) is 5.32 Å². The molecule has 1 aromatic heterocycles. The third-order valence-corrected chi connectivity index (χ3v) is 3.85. The number of halogens is 4. The average molecular weight is 331 g/mol. The minimum atomic E-state index is -4.69. The molecule has 0 radical (unpaired) electrons. The second-order valence-corrected chi connectivity index (χ2v) is 5.92. The van der Waals surface area contributed by atoms with E-state index >= 15 is 0 Å². The number of thiophene rings is 1. The van der Waals surface area contributed by atoms with Crippen molar-refractivity contribution in [2.75, 3.05) is 0 Å². The van der Waals surface area contributed by atoms with Crippen molar-refractivity contribution in [3.05, 3.63) is 57.5 Å². The first kappa shape index (κ1) is 16.5. The summed E-state index contributed by atoms with van der Waals surface area (Å²) in [5, 5.41) is 4.47. The molecule has 1 aromatic carbocycles. The molecular weight excluding hydrogens is 318 g/mol. The molecule has 1 heterocycles. The third kappa shape index (κ3) is 4.30. The zero-order valence-corrected chi connectivity index (χ0v) is 12.4. The lowest BCUT2D eigenvalue weighted by Gasteiger charge is -2.14. The van der Waals surface area contributed by atoms with E-state index in [2.05, 4.69) is 5.32 Å². The summed E-state index contributed by atoms with van der Waals surface area (Å²) in [6.07, 6.45) is -4.13. The van der Waals surface area contributed by atoms with Crippen LogP contribution in [0.4, 0.5) is 17.6 Å². The van der Waals surface area contributed by atoms with E-state index in [-0.39, 0.29) is 11.6 Å². The number of carbonyl (C=O) groups excluding carboxylic acids is 1. The first-order valence-corrected chi connectivity index (χ1v) is 7.34. The van der Waals surface area contributed by atoms with E-state index in [9.17, 15) is 22.4 Å². The molecule has 2 nitrogen and oxygen atoms in total. The van der Waals surface area contributed by atoms with Crippen LogP contribution in [-0.2, 0) is 12.6 Å². The predicted molar refractivity (Wildman–Crippen MR) is 76.4 cm³/mol. The van der Waals surface area contributed by atoms with Gasteiger partial charge in [-0.05, 0) is 36.6 Å². The zero-order valence-electron chi connectivity index (χ0n) is 11.6. The average Bonchev–Trinajstić information content (AvgIpc) is 2.89.